The smallest absolute Gasteiger partial charge is 0.327 e. The largest absolute Gasteiger partial charge is 0.497 e. The van der Waals surface area contributed by atoms with E-state index in [1.54, 1.807) is 19.2 Å². The number of hydrogen-bond donors (Lipinski definition) is 1. The Morgan fingerprint density at radius 3 is 2.38 bits per heavy atom. The van der Waals surface area contributed by atoms with Crippen LogP contribution in [0.3, 0.4) is 0 Å². The molecular weight excluding hydrogens is 330 g/mol. The standard InChI is InChI=1S/C18H20ClNO4/c1-22-13-7-9-14(10-8-13)24-12-11-20-17(18(21)23-2)15-5-3-4-6-16(15)19/h3-10,17,20H,11-12H2,1-2H3. The molecule has 0 aliphatic heterocycles. The first-order valence-electron chi connectivity index (χ1n) is 7.48. The molecule has 6 heteroatoms. The number of rotatable bonds is 8. The Hall–Kier alpha value is -2.24. The van der Waals surface area contributed by atoms with Gasteiger partial charge in [-0.3, -0.25) is 5.32 Å². The summed E-state index contributed by atoms with van der Waals surface area (Å²) in [5.41, 5.74) is 0.676. The number of carbonyl (C=O) groups excluding carboxylic acids is 1. The summed E-state index contributed by atoms with van der Waals surface area (Å²) in [6.45, 7) is 0.849. The average molecular weight is 350 g/mol. The van der Waals surface area contributed by atoms with Gasteiger partial charge in [0.25, 0.3) is 0 Å². The fourth-order valence-corrected chi connectivity index (χ4v) is 2.44. The maximum atomic E-state index is 12.0. The predicted octanol–water partition coefficient (Wildman–Crippen LogP) is 3.23. The monoisotopic (exact) mass is 349 g/mol. The summed E-state index contributed by atoms with van der Waals surface area (Å²) in [6.07, 6.45) is 0. The van der Waals surface area contributed by atoms with E-state index in [0.29, 0.717) is 23.7 Å². The third kappa shape index (κ3) is 4.88. The second-order valence-corrected chi connectivity index (χ2v) is 5.36. The van der Waals surface area contributed by atoms with Gasteiger partial charge in [0.05, 0.1) is 14.2 Å². The highest BCUT2D eigenvalue weighted by Gasteiger charge is 2.22. The third-order valence-electron chi connectivity index (χ3n) is 3.43. The van der Waals surface area contributed by atoms with Crippen molar-refractivity contribution in [2.75, 3.05) is 27.4 Å². The number of carbonyl (C=O) groups is 1. The molecule has 0 aromatic heterocycles. The highest BCUT2D eigenvalue weighted by Crippen LogP contribution is 2.23. The molecule has 2 aromatic carbocycles. The average Bonchev–Trinajstić information content (AvgIpc) is 2.62. The van der Waals surface area contributed by atoms with Crippen LogP contribution in [-0.4, -0.2) is 33.3 Å². The molecule has 0 aliphatic carbocycles. The molecule has 2 aromatic rings. The van der Waals surface area contributed by atoms with Crippen molar-refractivity contribution in [2.24, 2.45) is 0 Å². The quantitative estimate of drug-likeness (QED) is 0.585. The maximum Gasteiger partial charge on any atom is 0.327 e. The van der Waals surface area contributed by atoms with Gasteiger partial charge in [0.2, 0.25) is 0 Å². The number of hydrogen-bond acceptors (Lipinski definition) is 5. The molecular formula is C18H20ClNO4. The minimum absolute atomic E-state index is 0.393. The molecule has 128 valence electrons. The van der Waals surface area contributed by atoms with Crippen LogP contribution in [0.4, 0.5) is 0 Å². The highest BCUT2D eigenvalue weighted by atomic mass is 35.5. The van der Waals surface area contributed by atoms with E-state index >= 15 is 0 Å². The van der Waals surface area contributed by atoms with Crippen molar-refractivity contribution < 1.29 is 19.0 Å². The summed E-state index contributed by atoms with van der Waals surface area (Å²) >= 11 is 6.17. The van der Waals surface area contributed by atoms with Crippen LogP contribution >= 0.6 is 11.6 Å². The van der Waals surface area contributed by atoms with Crippen LogP contribution in [0.15, 0.2) is 48.5 Å². The number of benzene rings is 2. The lowest BCUT2D eigenvalue weighted by atomic mass is 10.1. The zero-order valence-corrected chi connectivity index (χ0v) is 14.4. The lowest BCUT2D eigenvalue weighted by molar-refractivity contribution is -0.143. The molecule has 0 spiro atoms. The molecule has 0 amide bonds. The predicted molar refractivity (Wildman–Crippen MR) is 92.7 cm³/mol. The van der Waals surface area contributed by atoms with E-state index in [1.165, 1.54) is 7.11 Å². The molecule has 1 N–H and O–H groups in total. The van der Waals surface area contributed by atoms with Crippen molar-refractivity contribution in [3.8, 4) is 11.5 Å². The normalized spacial score (nSPS) is 11.6. The Balaban J connectivity index is 1.91. The summed E-state index contributed by atoms with van der Waals surface area (Å²) in [4.78, 5) is 12.0. The minimum atomic E-state index is -0.636. The lowest BCUT2D eigenvalue weighted by Crippen LogP contribution is -2.32. The number of methoxy groups -OCH3 is 2. The topological polar surface area (TPSA) is 56.8 Å². The summed E-state index contributed by atoms with van der Waals surface area (Å²) < 4.78 is 15.6. The summed E-state index contributed by atoms with van der Waals surface area (Å²) in [6, 6.07) is 13.8. The Bertz CT molecular complexity index is 660. The van der Waals surface area contributed by atoms with Gasteiger partial charge in [-0.1, -0.05) is 29.8 Å². The van der Waals surface area contributed by atoms with Crippen molar-refractivity contribution >= 4 is 17.6 Å². The molecule has 0 heterocycles. The first kappa shape index (κ1) is 18.1. The zero-order valence-electron chi connectivity index (χ0n) is 13.6. The Morgan fingerprint density at radius 1 is 1.08 bits per heavy atom. The fourth-order valence-electron chi connectivity index (χ4n) is 2.19. The molecule has 0 bridgehead atoms. The molecule has 0 fully saturated rings. The Morgan fingerprint density at radius 2 is 1.75 bits per heavy atom. The number of ether oxygens (including phenoxy) is 3. The second kappa shape index (κ2) is 9.15. The van der Waals surface area contributed by atoms with Gasteiger partial charge in [-0.15, -0.1) is 0 Å². The molecule has 2 rings (SSSR count). The lowest BCUT2D eigenvalue weighted by Gasteiger charge is -2.18. The van der Waals surface area contributed by atoms with Crippen LogP contribution in [0.25, 0.3) is 0 Å². The summed E-state index contributed by atoms with van der Waals surface area (Å²) in [7, 11) is 2.96. The number of halogens is 1. The van der Waals surface area contributed by atoms with Gasteiger partial charge in [0.15, 0.2) is 0 Å². The molecule has 0 saturated carbocycles. The Kier molecular flexibility index (Phi) is 6.90. The zero-order chi connectivity index (χ0) is 17.4. The van der Waals surface area contributed by atoms with Crippen molar-refractivity contribution in [2.45, 2.75) is 6.04 Å². The van der Waals surface area contributed by atoms with Gasteiger partial charge >= 0.3 is 5.97 Å². The fraction of sp³-hybridized carbons (Fsp3) is 0.278. The van der Waals surface area contributed by atoms with E-state index in [4.69, 9.17) is 25.8 Å². The molecule has 1 unspecified atom stereocenters. The summed E-state index contributed by atoms with van der Waals surface area (Å²) in [5.74, 6) is 1.10. The van der Waals surface area contributed by atoms with Gasteiger partial charge in [-0.05, 0) is 35.9 Å². The van der Waals surface area contributed by atoms with Crippen LogP contribution in [-0.2, 0) is 9.53 Å². The molecule has 0 aliphatic rings. The van der Waals surface area contributed by atoms with Crippen molar-refractivity contribution in [1.82, 2.24) is 5.32 Å². The van der Waals surface area contributed by atoms with E-state index in [1.807, 2.05) is 36.4 Å². The molecule has 5 nitrogen and oxygen atoms in total. The maximum absolute atomic E-state index is 12.0. The van der Waals surface area contributed by atoms with Crippen molar-refractivity contribution in [1.29, 1.82) is 0 Å². The Labute approximate surface area is 146 Å². The van der Waals surface area contributed by atoms with Crippen LogP contribution < -0.4 is 14.8 Å². The van der Waals surface area contributed by atoms with E-state index in [2.05, 4.69) is 5.32 Å². The van der Waals surface area contributed by atoms with Crippen LogP contribution in [0.5, 0.6) is 11.5 Å². The van der Waals surface area contributed by atoms with E-state index in [0.717, 1.165) is 11.5 Å². The van der Waals surface area contributed by atoms with Gasteiger partial charge in [0.1, 0.15) is 24.1 Å². The minimum Gasteiger partial charge on any atom is -0.497 e. The van der Waals surface area contributed by atoms with E-state index in [9.17, 15) is 4.79 Å². The van der Waals surface area contributed by atoms with Crippen molar-refractivity contribution in [3.63, 3.8) is 0 Å². The molecule has 0 saturated heterocycles. The van der Waals surface area contributed by atoms with E-state index < -0.39 is 12.0 Å². The van der Waals surface area contributed by atoms with Crippen LogP contribution in [0.1, 0.15) is 11.6 Å². The van der Waals surface area contributed by atoms with Gasteiger partial charge < -0.3 is 14.2 Å². The highest BCUT2D eigenvalue weighted by molar-refractivity contribution is 6.31. The third-order valence-corrected chi connectivity index (χ3v) is 3.78. The van der Waals surface area contributed by atoms with Crippen molar-refractivity contribution in [3.05, 3.63) is 59.1 Å². The van der Waals surface area contributed by atoms with Gasteiger partial charge in [0, 0.05) is 11.6 Å². The SMILES string of the molecule is COC(=O)C(NCCOc1ccc(OC)cc1)c1ccccc1Cl. The molecule has 0 radical (unpaired) electrons. The van der Waals surface area contributed by atoms with Crippen LogP contribution in [0, 0.1) is 0 Å². The van der Waals surface area contributed by atoms with Gasteiger partial charge in [-0.25, -0.2) is 4.79 Å². The first-order chi connectivity index (χ1) is 11.7. The second-order valence-electron chi connectivity index (χ2n) is 4.96. The molecule has 24 heavy (non-hydrogen) atoms. The first-order valence-corrected chi connectivity index (χ1v) is 7.86. The number of esters is 1. The molecule has 1 atom stereocenters. The van der Waals surface area contributed by atoms with Crippen LogP contribution in [0.2, 0.25) is 5.02 Å². The summed E-state index contributed by atoms with van der Waals surface area (Å²) in [5, 5.41) is 3.62. The number of nitrogens with one attached hydrogen (secondary N) is 1. The van der Waals surface area contributed by atoms with Gasteiger partial charge in [-0.2, -0.15) is 0 Å². The van der Waals surface area contributed by atoms with E-state index in [-0.39, 0.29) is 0 Å².